The zero-order valence-corrected chi connectivity index (χ0v) is 14.0. The molecule has 2 heterocycles. The lowest BCUT2D eigenvalue weighted by molar-refractivity contribution is 0.0612. The molecule has 2 aromatic rings. The maximum Gasteiger partial charge on any atom is 0.255 e. The van der Waals surface area contributed by atoms with Crippen molar-refractivity contribution in [3.8, 4) is 11.1 Å². The summed E-state index contributed by atoms with van der Waals surface area (Å²) in [5.41, 5.74) is 2.57. The Morgan fingerprint density at radius 1 is 1.21 bits per heavy atom. The van der Waals surface area contributed by atoms with E-state index in [1.165, 1.54) is 0 Å². The van der Waals surface area contributed by atoms with Crippen molar-refractivity contribution < 1.29 is 14.3 Å². The average molecular weight is 326 g/mol. The third-order valence-corrected chi connectivity index (χ3v) is 4.42. The Hall–Kier alpha value is -2.24. The number of hydrogen-bond acceptors (Lipinski definition) is 4. The summed E-state index contributed by atoms with van der Waals surface area (Å²) in [5.74, 6) is -0.0260. The van der Waals surface area contributed by atoms with Crippen LogP contribution < -0.4 is 0 Å². The third kappa shape index (κ3) is 3.47. The van der Waals surface area contributed by atoms with Crippen molar-refractivity contribution in [1.29, 1.82) is 0 Å². The van der Waals surface area contributed by atoms with E-state index in [0.717, 1.165) is 17.5 Å². The molecule has 0 N–H and O–H groups in total. The quantitative estimate of drug-likeness (QED) is 0.847. The fourth-order valence-corrected chi connectivity index (χ4v) is 3.15. The third-order valence-electron chi connectivity index (χ3n) is 4.42. The van der Waals surface area contributed by atoms with Gasteiger partial charge in [0.05, 0.1) is 24.3 Å². The van der Waals surface area contributed by atoms with Crippen molar-refractivity contribution in [1.82, 2.24) is 9.88 Å². The predicted molar refractivity (Wildman–Crippen MR) is 91.8 cm³/mol. The van der Waals surface area contributed by atoms with Crippen LogP contribution in [0.3, 0.4) is 0 Å². The zero-order chi connectivity index (χ0) is 16.9. The van der Waals surface area contributed by atoms with Gasteiger partial charge in [-0.05, 0) is 18.1 Å². The molecule has 1 saturated heterocycles. The normalized spacial score (nSPS) is 20.3. The van der Waals surface area contributed by atoms with Crippen LogP contribution >= 0.6 is 0 Å². The predicted octanol–water partition coefficient (Wildman–Crippen LogP) is 2.62. The molecular formula is C19H22N2O3. The summed E-state index contributed by atoms with van der Waals surface area (Å²) >= 11 is 0. The molecule has 0 unspecified atom stereocenters. The summed E-state index contributed by atoms with van der Waals surface area (Å²) in [4.78, 5) is 19.0. The Morgan fingerprint density at radius 2 is 2.00 bits per heavy atom. The van der Waals surface area contributed by atoms with Crippen LogP contribution in [0.25, 0.3) is 11.1 Å². The van der Waals surface area contributed by atoms with Crippen molar-refractivity contribution >= 4 is 5.91 Å². The van der Waals surface area contributed by atoms with Crippen molar-refractivity contribution in [2.45, 2.75) is 18.6 Å². The highest BCUT2D eigenvalue weighted by Crippen LogP contribution is 2.24. The summed E-state index contributed by atoms with van der Waals surface area (Å²) in [6.07, 6.45) is 4.25. The fraction of sp³-hybridized carbons (Fsp3) is 0.368. The van der Waals surface area contributed by atoms with Gasteiger partial charge in [-0.1, -0.05) is 30.3 Å². The molecule has 5 heteroatoms. The van der Waals surface area contributed by atoms with E-state index in [-0.39, 0.29) is 18.1 Å². The lowest BCUT2D eigenvalue weighted by Gasteiger charge is -2.23. The summed E-state index contributed by atoms with van der Waals surface area (Å²) in [6, 6.07) is 11.9. The van der Waals surface area contributed by atoms with E-state index in [1.54, 1.807) is 26.6 Å². The molecule has 1 fully saturated rings. The second-order valence-electron chi connectivity index (χ2n) is 5.99. The van der Waals surface area contributed by atoms with Crippen LogP contribution in [0.1, 0.15) is 16.8 Å². The van der Waals surface area contributed by atoms with Crippen LogP contribution in [0.4, 0.5) is 0 Å². The Morgan fingerprint density at radius 3 is 2.71 bits per heavy atom. The van der Waals surface area contributed by atoms with E-state index in [4.69, 9.17) is 9.47 Å². The number of aromatic nitrogens is 1. The van der Waals surface area contributed by atoms with E-state index in [0.29, 0.717) is 18.7 Å². The summed E-state index contributed by atoms with van der Waals surface area (Å²) in [6.45, 7) is 1.09. The monoisotopic (exact) mass is 326 g/mol. The smallest absolute Gasteiger partial charge is 0.255 e. The van der Waals surface area contributed by atoms with Gasteiger partial charge in [0.1, 0.15) is 0 Å². The number of carbonyl (C=O) groups excluding carboxylic acids is 1. The van der Waals surface area contributed by atoms with Gasteiger partial charge in [0.2, 0.25) is 0 Å². The van der Waals surface area contributed by atoms with Crippen molar-refractivity contribution in [2.75, 3.05) is 27.4 Å². The van der Waals surface area contributed by atoms with Gasteiger partial charge in [-0.2, -0.15) is 0 Å². The number of benzene rings is 1. The molecule has 1 aliphatic rings. The molecule has 2 atom stereocenters. The topological polar surface area (TPSA) is 51.7 Å². The largest absolute Gasteiger partial charge is 0.383 e. The highest BCUT2D eigenvalue weighted by atomic mass is 16.5. The molecule has 126 valence electrons. The molecule has 0 bridgehead atoms. The minimum absolute atomic E-state index is 0.0260. The first-order valence-electron chi connectivity index (χ1n) is 8.06. The molecule has 1 amide bonds. The van der Waals surface area contributed by atoms with Gasteiger partial charge in [-0.15, -0.1) is 0 Å². The minimum Gasteiger partial charge on any atom is -0.383 e. The van der Waals surface area contributed by atoms with Crippen molar-refractivity contribution in [3.63, 3.8) is 0 Å². The molecule has 3 rings (SSSR count). The number of ether oxygens (including phenoxy) is 2. The van der Waals surface area contributed by atoms with E-state index in [2.05, 4.69) is 4.98 Å². The van der Waals surface area contributed by atoms with Gasteiger partial charge in [0.25, 0.3) is 5.91 Å². The van der Waals surface area contributed by atoms with Crippen LogP contribution in [0.15, 0.2) is 48.8 Å². The van der Waals surface area contributed by atoms with Gasteiger partial charge in [-0.25, -0.2) is 0 Å². The average Bonchev–Trinajstić information content (AvgIpc) is 3.05. The molecule has 0 radical (unpaired) electrons. The number of likely N-dealkylation sites (tertiary alicyclic amines) is 1. The summed E-state index contributed by atoms with van der Waals surface area (Å²) in [5, 5.41) is 0. The molecular weight excluding hydrogens is 304 g/mol. The Labute approximate surface area is 142 Å². The number of carbonyl (C=O) groups is 1. The minimum atomic E-state index is -0.0260. The number of pyridine rings is 1. The van der Waals surface area contributed by atoms with E-state index < -0.39 is 0 Å². The van der Waals surface area contributed by atoms with Crippen LogP contribution in [0.2, 0.25) is 0 Å². The SMILES string of the molecule is COC[C@@H]1C[C@@H](OC)CN1C(=O)c1cncc(-c2ccccc2)c1. The van der Waals surface area contributed by atoms with Crippen LogP contribution in [0.5, 0.6) is 0 Å². The molecule has 0 aliphatic carbocycles. The standard InChI is InChI=1S/C19H22N2O3/c1-23-13-17-9-18(24-2)12-21(17)19(22)16-8-15(10-20-11-16)14-6-4-3-5-7-14/h3-8,10-11,17-18H,9,12-13H2,1-2H3/t17-,18+/m0/s1. The molecule has 0 spiro atoms. The first-order valence-corrected chi connectivity index (χ1v) is 8.06. The summed E-state index contributed by atoms with van der Waals surface area (Å²) in [7, 11) is 3.33. The molecule has 5 nitrogen and oxygen atoms in total. The first kappa shape index (κ1) is 16.6. The second-order valence-corrected chi connectivity index (χ2v) is 5.99. The Kier molecular flexibility index (Phi) is 5.23. The molecule has 1 aliphatic heterocycles. The molecule has 1 aromatic heterocycles. The lowest BCUT2D eigenvalue weighted by Crippen LogP contribution is -2.38. The first-order chi connectivity index (χ1) is 11.7. The van der Waals surface area contributed by atoms with E-state index in [9.17, 15) is 4.79 Å². The zero-order valence-electron chi connectivity index (χ0n) is 14.0. The number of hydrogen-bond donors (Lipinski definition) is 0. The van der Waals surface area contributed by atoms with Gasteiger partial charge < -0.3 is 14.4 Å². The van der Waals surface area contributed by atoms with Crippen molar-refractivity contribution in [2.24, 2.45) is 0 Å². The van der Waals surface area contributed by atoms with E-state index >= 15 is 0 Å². The van der Waals surface area contributed by atoms with Gasteiger partial charge >= 0.3 is 0 Å². The Balaban J connectivity index is 1.84. The van der Waals surface area contributed by atoms with Gasteiger partial charge in [0.15, 0.2) is 0 Å². The fourth-order valence-electron chi connectivity index (χ4n) is 3.15. The van der Waals surface area contributed by atoms with Gasteiger partial charge in [-0.3, -0.25) is 9.78 Å². The van der Waals surface area contributed by atoms with Gasteiger partial charge in [0, 0.05) is 38.7 Å². The highest BCUT2D eigenvalue weighted by Gasteiger charge is 2.35. The summed E-state index contributed by atoms with van der Waals surface area (Å²) < 4.78 is 10.7. The van der Waals surface area contributed by atoms with Crippen LogP contribution in [0, 0.1) is 0 Å². The van der Waals surface area contributed by atoms with Crippen LogP contribution in [-0.2, 0) is 9.47 Å². The number of rotatable bonds is 5. The maximum absolute atomic E-state index is 13.0. The lowest BCUT2D eigenvalue weighted by atomic mass is 10.1. The number of nitrogens with zero attached hydrogens (tertiary/aromatic N) is 2. The maximum atomic E-state index is 13.0. The molecule has 1 aromatic carbocycles. The molecule has 24 heavy (non-hydrogen) atoms. The second kappa shape index (κ2) is 7.55. The van der Waals surface area contributed by atoms with E-state index in [1.807, 2.05) is 41.3 Å². The Bertz CT molecular complexity index is 690. The number of methoxy groups -OCH3 is 2. The van der Waals surface area contributed by atoms with Crippen LogP contribution in [-0.4, -0.2) is 55.3 Å². The number of amides is 1. The van der Waals surface area contributed by atoms with Crippen molar-refractivity contribution in [3.05, 3.63) is 54.4 Å². The molecule has 0 saturated carbocycles. The highest BCUT2D eigenvalue weighted by molar-refractivity contribution is 5.95.